The Kier molecular flexibility index (Phi) is 8.74. The van der Waals surface area contributed by atoms with Crippen molar-refractivity contribution in [3.63, 3.8) is 0 Å². The number of alkyl halides is 2. The molecule has 8 heteroatoms. The molecule has 0 atom stereocenters. The highest BCUT2D eigenvalue weighted by atomic mass is 19.3. The Hall–Kier alpha value is -1.93. The Morgan fingerprint density at radius 3 is 2.78 bits per heavy atom. The standard InChI is InChI=1S/C19H31F2N5O/c1-15-5-6-17(27-18(20)21)16(13-15)14-24-19(22-2)23-7-10-26-9-4-8-25(3)11-12-26/h5-6,13,18H,4,7-12,14H2,1-3H3,(H2,22,23,24). The molecule has 2 N–H and O–H groups in total. The summed E-state index contributed by atoms with van der Waals surface area (Å²) in [7, 11) is 3.86. The van der Waals surface area contributed by atoms with Gasteiger partial charge in [-0.25, -0.2) is 0 Å². The molecular weight excluding hydrogens is 352 g/mol. The largest absolute Gasteiger partial charge is 0.434 e. The number of rotatable bonds is 7. The lowest BCUT2D eigenvalue weighted by molar-refractivity contribution is -0.0504. The van der Waals surface area contributed by atoms with E-state index < -0.39 is 6.61 Å². The topological polar surface area (TPSA) is 52.1 Å². The van der Waals surface area contributed by atoms with Crippen LogP contribution in [0, 0.1) is 6.92 Å². The molecule has 1 fully saturated rings. The molecule has 27 heavy (non-hydrogen) atoms. The van der Waals surface area contributed by atoms with Crippen LogP contribution < -0.4 is 15.4 Å². The zero-order valence-corrected chi connectivity index (χ0v) is 16.5. The molecule has 2 rings (SSSR count). The average Bonchev–Trinajstić information content (AvgIpc) is 2.84. The van der Waals surface area contributed by atoms with E-state index in [9.17, 15) is 8.78 Å². The van der Waals surface area contributed by atoms with E-state index in [4.69, 9.17) is 0 Å². The van der Waals surface area contributed by atoms with E-state index >= 15 is 0 Å². The van der Waals surface area contributed by atoms with Gasteiger partial charge in [0.1, 0.15) is 5.75 Å². The van der Waals surface area contributed by atoms with Crippen molar-refractivity contribution < 1.29 is 13.5 Å². The number of aryl methyl sites for hydroxylation is 1. The van der Waals surface area contributed by atoms with Gasteiger partial charge in [-0.3, -0.25) is 4.99 Å². The number of likely N-dealkylation sites (N-methyl/N-ethyl adjacent to an activating group) is 1. The molecule has 152 valence electrons. The fraction of sp³-hybridized carbons (Fsp3) is 0.632. The van der Waals surface area contributed by atoms with Crippen LogP contribution in [0.15, 0.2) is 23.2 Å². The summed E-state index contributed by atoms with van der Waals surface area (Å²) < 4.78 is 29.8. The van der Waals surface area contributed by atoms with Gasteiger partial charge in [0.25, 0.3) is 0 Å². The molecule has 0 radical (unpaired) electrons. The summed E-state index contributed by atoms with van der Waals surface area (Å²) in [6.07, 6.45) is 1.18. The smallest absolute Gasteiger partial charge is 0.387 e. The van der Waals surface area contributed by atoms with Crippen molar-refractivity contribution in [3.05, 3.63) is 29.3 Å². The van der Waals surface area contributed by atoms with Gasteiger partial charge in [-0.05, 0) is 39.5 Å². The maximum atomic E-state index is 12.6. The summed E-state index contributed by atoms with van der Waals surface area (Å²) in [5, 5.41) is 6.46. The zero-order valence-electron chi connectivity index (χ0n) is 16.5. The average molecular weight is 383 g/mol. The number of guanidine groups is 1. The predicted octanol–water partition coefficient (Wildman–Crippen LogP) is 1.90. The summed E-state index contributed by atoms with van der Waals surface area (Å²) in [6, 6.07) is 5.17. The fourth-order valence-electron chi connectivity index (χ4n) is 3.11. The number of hydrogen-bond acceptors (Lipinski definition) is 4. The van der Waals surface area contributed by atoms with Crippen molar-refractivity contribution in [2.24, 2.45) is 4.99 Å². The van der Waals surface area contributed by atoms with E-state index in [-0.39, 0.29) is 5.75 Å². The minimum Gasteiger partial charge on any atom is -0.434 e. The molecule has 6 nitrogen and oxygen atoms in total. The first-order chi connectivity index (χ1) is 13.0. The van der Waals surface area contributed by atoms with Gasteiger partial charge in [0, 0.05) is 45.3 Å². The number of benzene rings is 1. The van der Waals surface area contributed by atoms with Gasteiger partial charge in [0.15, 0.2) is 5.96 Å². The van der Waals surface area contributed by atoms with Crippen molar-refractivity contribution >= 4 is 5.96 Å². The summed E-state index contributed by atoms with van der Waals surface area (Å²) in [6.45, 7) is 5.57. The van der Waals surface area contributed by atoms with Crippen LogP contribution in [0.4, 0.5) is 8.78 Å². The Bertz CT molecular complexity index is 612. The SMILES string of the molecule is CN=C(NCCN1CCCN(C)CC1)NCc1cc(C)ccc1OC(F)F. The minimum atomic E-state index is -2.84. The van der Waals surface area contributed by atoms with E-state index in [2.05, 4.69) is 37.2 Å². The molecule has 0 unspecified atom stereocenters. The van der Waals surface area contributed by atoms with E-state index in [1.54, 1.807) is 19.2 Å². The van der Waals surface area contributed by atoms with Gasteiger partial charge in [0.2, 0.25) is 0 Å². The summed E-state index contributed by atoms with van der Waals surface area (Å²) in [4.78, 5) is 9.01. The van der Waals surface area contributed by atoms with Crippen molar-refractivity contribution in [1.29, 1.82) is 0 Å². The lowest BCUT2D eigenvalue weighted by atomic mass is 10.1. The summed E-state index contributed by atoms with van der Waals surface area (Å²) in [5.74, 6) is 0.832. The Morgan fingerprint density at radius 2 is 2.04 bits per heavy atom. The summed E-state index contributed by atoms with van der Waals surface area (Å²) in [5.41, 5.74) is 1.66. The monoisotopic (exact) mass is 383 g/mol. The second-order valence-electron chi connectivity index (χ2n) is 6.84. The zero-order chi connectivity index (χ0) is 19.6. The van der Waals surface area contributed by atoms with E-state index in [0.29, 0.717) is 18.1 Å². The number of ether oxygens (including phenoxy) is 1. The minimum absolute atomic E-state index is 0.187. The van der Waals surface area contributed by atoms with Gasteiger partial charge in [-0.2, -0.15) is 8.78 Å². The molecule has 1 saturated heterocycles. The van der Waals surface area contributed by atoms with Crippen LogP contribution in [0.25, 0.3) is 0 Å². The Labute approximate surface area is 160 Å². The van der Waals surface area contributed by atoms with Gasteiger partial charge < -0.3 is 25.2 Å². The molecule has 0 bridgehead atoms. The highest BCUT2D eigenvalue weighted by molar-refractivity contribution is 5.79. The fourth-order valence-corrected chi connectivity index (χ4v) is 3.11. The molecule has 0 aliphatic carbocycles. The molecular formula is C19H31F2N5O. The highest BCUT2D eigenvalue weighted by Crippen LogP contribution is 2.21. The molecule has 0 aromatic heterocycles. The van der Waals surface area contributed by atoms with Gasteiger partial charge in [-0.15, -0.1) is 0 Å². The molecule has 0 spiro atoms. The molecule has 1 heterocycles. The van der Waals surface area contributed by atoms with Crippen LogP contribution in [0.5, 0.6) is 5.75 Å². The van der Waals surface area contributed by atoms with E-state index in [1.807, 2.05) is 13.0 Å². The number of nitrogens with zero attached hydrogens (tertiary/aromatic N) is 3. The predicted molar refractivity (Wildman–Crippen MR) is 105 cm³/mol. The molecule has 1 aliphatic rings. The first-order valence-corrected chi connectivity index (χ1v) is 9.37. The third kappa shape index (κ3) is 7.68. The van der Waals surface area contributed by atoms with Gasteiger partial charge in [-0.1, -0.05) is 17.7 Å². The second-order valence-corrected chi connectivity index (χ2v) is 6.84. The normalized spacial score (nSPS) is 17.0. The molecule has 1 aromatic carbocycles. The number of hydrogen-bond donors (Lipinski definition) is 2. The number of aliphatic imine (C=N–C) groups is 1. The van der Waals surface area contributed by atoms with Crippen LogP contribution in [0.1, 0.15) is 17.5 Å². The van der Waals surface area contributed by atoms with Crippen molar-refractivity contribution in [3.8, 4) is 5.75 Å². The third-order valence-electron chi connectivity index (χ3n) is 4.63. The van der Waals surface area contributed by atoms with E-state index in [0.717, 1.165) is 44.8 Å². The van der Waals surface area contributed by atoms with Crippen LogP contribution >= 0.6 is 0 Å². The number of halogens is 2. The van der Waals surface area contributed by atoms with Gasteiger partial charge >= 0.3 is 6.61 Å². The second kappa shape index (κ2) is 11.0. The quantitative estimate of drug-likeness (QED) is 0.556. The first kappa shape index (κ1) is 21.4. The lowest BCUT2D eigenvalue weighted by Crippen LogP contribution is -2.42. The molecule has 0 saturated carbocycles. The van der Waals surface area contributed by atoms with Crippen LogP contribution in [-0.2, 0) is 6.54 Å². The van der Waals surface area contributed by atoms with Crippen LogP contribution in [0.2, 0.25) is 0 Å². The van der Waals surface area contributed by atoms with Gasteiger partial charge in [0.05, 0.1) is 0 Å². The third-order valence-corrected chi connectivity index (χ3v) is 4.63. The highest BCUT2D eigenvalue weighted by Gasteiger charge is 2.12. The van der Waals surface area contributed by atoms with Crippen molar-refractivity contribution in [2.45, 2.75) is 26.5 Å². The van der Waals surface area contributed by atoms with E-state index in [1.165, 1.54) is 6.42 Å². The maximum absolute atomic E-state index is 12.6. The molecule has 0 amide bonds. The molecule has 1 aliphatic heterocycles. The van der Waals surface area contributed by atoms with Crippen molar-refractivity contribution in [1.82, 2.24) is 20.4 Å². The maximum Gasteiger partial charge on any atom is 0.387 e. The Morgan fingerprint density at radius 1 is 1.22 bits per heavy atom. The van der Waals surface area contributed by atoms with Crippen LogP contribution in [0.3, 0.4) is 0 Å². The van der Waals surface area contributed by atoms with Crippen molar-refractivity contribution in [2.75, 3.05) is 53.4 Å². The number of nitrogens with one attached hydrogen (secondary N) is 2. The Balaban J connectivity index is 1.81. The van der Waals surface area contributed by atoms with Crippen LogP contribution in [-0.4, -0.2) is 75.7 Å². The molecule has 1 aromatic rings. The first-order valence-electron chi connectivity index (χ1n) is 9.37. The lowest BCUT2D eigenvalue weighted by Gasteiger charge is -2.21. The summed E-state index contributed by atoms with van der Waals surface area (Å²) >= 11 is 0.